The number of nitrogens with zero attached hydrogens (tertiary/aromatic N) is 4. The molecule has 1 atom stereocenters. The zero-order valence-corrected chi connectivity index (χ0v) is 23.8. The number of halogens is 1. The summed E-state index contributed by atoms with van der Waals surface area (Å²) < 4.78 is 6.88. The van der Waals surface area contributed by atoms with Gasteiger partial charge in [0.1, 0.15) is 11.7 Å². The van der Waals surface area contributed by atoms with Gasteiger partial charge in [-0.15, -0.1) is 12.4 Å². The lowest BCUT2D eigenvalue weighted by Gasteiger charge is -2.36. The third-order valence-electron chi connectivity index (χ3n) is 7.34. The van der Waals surface area contributed by atoms with E-state index in [0.29, 0.717) is 18.7 Å². The molecule has 0 aliphatic carbocycles. The van der Waals surface area contributed by atoms with Crippen LogP contribution in [0.5, 0.6) is 0 Å². The maximum atomic E-state index is 13.8. The van der Waals surface area contributed by atoms with Crippen LogP contribution < -0.4 is 11.1 Å². The molecule has 11 heteroatoms. The van der Waals surface area contributed by atoms with Crippen LogP contribution in [0.15, 0.2) is 42.5 Å². The number of nitrogens with two attached hydrogens (primary N) is 1. The molecule has 1 aliphatic rings. The number of aromatic nitrogens is 2. The van der Waals surface area contributed by atoms with Crippen LogP contribution in [0.2, 0.25) is 0 Å². The van der Waals surface area contributed by atoms with Crippen molar-refractivity contribution in [2.75, 3.05) is 45.7 Å². The number of hydrogen-bond acceptors (Lipinski definition) is 7. The minimum absolute atomic E-state index is 0. The molecule has 10 nitrogen and oxygen atoms in total. The van der Waals surface area contributed by atoms with Crippen LogP contribution in [0.1, 0.15) is 36.7 Å². The van der Waals surface area contributed by atoms with E-state index >= 15 is 0 Å². The van der Waals surface area contributed by atoms with Gasteiger partial charge in [-0.1, -0.05) is 6.07 Å². The summed E-state index contributed by atoms with van der Waals surface area (Å²) >= 11 is 0. The quantitative estimate of drug-likeness (QED) is 0.199. The average Bonchev–Trinajstić information content (AvgIpc) is 3.55. The summed E-state index contributed by atoms with van der Waals surface area (Å²) in [6.07, 6.45) is 2.01. The van der Waals surface area contributed by atoms with Crippen molar-refractivity contribution in [2.24, 2.45) is 12.8 Å². The first-order chi connectivity index (χ1) is 18.1. The molecule has 0 saturated carbocycles. The van der Waals surface area contributed by atoms with Crippen molar-refractivity contribution in [3.05, 3.63) is 59.4 Å². The average molecular weight is 556 g/mol. The van der Waals surface area contributed by atoms with Crippen LogP contribution in [-0.2, 0) is 33.3 Å². The molecule has 1 aromatic heterocycles. The third-order valence-corrected chi connectivity index (χ3v) is 7.34. The number of benzene rings is 2. The van der Waals surface area contributed by atoms with Crippen molar-refractivity contribution in [3.63, 3.8) is 0 Å². The van der Waals surface area contributed by atoms with Crippen LogP contribution in [0.4, 0.5) is 5.69 Å². The number of likely N-dealkylation sites (tertiary alicyclic amines) is 1. The van der Waals surface area contributed by atoms with Crippen molar-refractivity contribution < 1.29 is 14.3 Å². The van der Waals surface area contributed by atoms with Crippen molar-refractivity contribution in [1.82, 2.24) is 19.4 Å². The number of fused-ring (bicyclic) bond motifs is 1. The summed E-state index contributed by atoms with van der Waals surface area (Å²) in [6, 6.07) is 13.4. The highest BCUT2D eigenvalue weighted by atomic mass is 35.5. The number of nitrogens with one attached hydrogen (secondary N) is 2. The monoisotopic (exact) mass is 555 g/mol. The fourth-order valence-corrected chi connectivity index (χ4v) is 5.13. The molecule has 1 amide bonds. The van der Waals surface area contributed by atoms with Crippen LogP contribution in [0.25, 0.3) is 11.0 Å². The normalized spacial score (nSPS) is 14.6. The molecule has 1 saturated heterocycles. The molecule has 1 aliphatic heterocycles. The number of esters is 1. The molecule has 4 N–H and O–H groups in total. The number of amidine groups is 1. The molecule has 0 bridgehead atoms. The SMILES string of the molecule is COC(=O)CN(C)CC(C)(C(=O)N1CCCC1)c1ccc2c(c1)nc(CNc1ccc(C(=N)N)cc1)n2C.Cl. The topological polar surface area (TPSA) is 130 Å². The highest BCUT2D eigenvalue weighted by molar-refractivity contribution is 5.95. The number of carbonyl (C=O) groups excluding carboxylic acids is 2. The first-order valence-corrected chi connectivity index (χ1v) is 12.8. The van der Waals surface area contributed by atoms with Gasteiger partial charge in [-0.05, 0) is 68.8 Å². The van der Waals surface area contributed by atoms with Gasteiger partial charge in [0, 0.05) is 37.9 Å². The van der Waals surface area contributed by atoms with E-state index < -0.39 is 5.41 Å². The molecule has 210 valence electrons. The van der Waals surface area contributed by atoms with Crippen LogP contribution in [0.3, 0.4) is 0 Å². The van der Waals surface area contributed by atoms with Crippen molar-refractivity contribution in [2.45, 2.75) is 31.7 Å². The predicted molar refractivity (Wildman–Crippen MR) is 155 cm³/mol. The molecule has 3 aromatic rings. The van der Waals surface area contributed by atoms with Crippen molar-refractivity contribution in [1.29, 1.82) is 5.41 Å². The minimum Gasteiger partial charge on any atom is -0.468 e. The summed E-state index contributed by atoms with van der Waals surface area (Å²) in [5.74, 6) is 0.618. The number of amides is 1. The van der Waals surface area contributed by atoms with Gasteiger partial charge >= 0.3 is 5.97 Å². The smallest absolute Gasteiger partial charge is 0.319 e. The third kappa shape index (κ3) is 6.51. The lowest BCUT2D eigenvalue weighted by Crippen LogP contribution is -2.50. The standard InChI is InChI=1S/C28H37N7O3.ClH/c1-28(18-33(2)17-25(36)38-4,27(37)35-13-5-6-14-35)20-9-12-23-22(15-20)32-24(34(23)3)16-31-21-10-7-19(8-11-21)26(29)30;/h7-12,15,31H,5-6,13-14,16-18H2,1-4H3,(H3,29,30);1H. The summed E-state index contributed by atoms with van der Waals surface area (Å²) in [5.41, 5.74) is 8.92. The Bertz CT molecular complexity index is 1330. The van der Waals surface area contributed by atoms with Gasteiger partial charge in [-0.3, -0.25) is 19.9 Å². The summed E-state index contributed by atoms with van der Waals surface area (Å²) in [4.78, 5) is 34.4. The number of imidazole rings is 1. The largest absolute Gasteiger partial charge is 0.468 e. The molecule has 1 fully saturated rings. The van der Waals surface area contributed by atoms with Crippen LogP contribution in [-0.4, -0.2) is 77.4 Å². The first kappa shape index (κ1) is 29.9. The number of rotatable bonds is 10. The van der Waals surface area contributed by atoms with Crippen molar-refractivity contribution in [3.8, 4) is 0 Å². The van der Waals surface area contributed by atoms with E-state index in [2.05, 4.69) is 5.32 Å². The molecular formula is C28H38ClN7O3. The van der Waals surface area contributed by atoms with E-state index in [0.717, 1.165) is 54.0 Å². The van der Waals surface area contributed by atoms with E-state index in [9.17, 15) is 9.59 Å². The van der Waals surface area contributed by atoms with E-state index in [1.54, 1.807) is 12.1 Å². The van der Waals surface area contributed by atoms with Gasteiger partial charge in [-0.2, -0.15) is 0 Å². The number of carbonyl (C=O) groups is 2. The lowest BCUT2D eigenvalue weighted by molar-refractivity contribution is -0.143. The predicted octanol–water partition coefficient (Wildman–Crippen LogP) is 2.88. The molecule has 39 heavy (non-hydrogen) atoms. The van der Waals surface area contributed by atoms with Gasteiger partial charge in [0.05, 0.1) is 36.6 Å². The van der Waals surface area contributed by atoms with Crippen LogP contribution in [0, 0.1) is 5.41 Å². The number of ether oxygens (including phenoxy) is 1. The summed E-state index contributed by atoms with van der Waals surface area (Å²) in [6.45, 7) is 4.45. The second kappa shape index (κ2) is 12.5. The molecule has 0 radical (unpaired) electrons. The fraction of sp³-hybridized carbons (Fsp3) is 0.429. The maximum Gasteiger partial charge on any atom is 0.319 e. The molecular weight excluding hydrogens is 518 g/mol. The second-order valence-corrected chi connectivity index (χ2v) is 10.2. The Morgan fingerprint density at radius 3 is 2.46 bits per heavy atom. The number of likely N-dealkylation sites (N-methyl/N-ethyl adjacent to an activating group) is 1. The van der Waals surface area contributed by atoms with Gasteiger partial charge in [0.15, 0.2) is 0 Å². The van der Waals surface area contributed by atoms with Gasteiger partial charge in [0.25, 0.3) is 0 Å². The molecule has 2 heterocycles. The summed E-state index contributed by atoms with van der Waals surface area (Å²) in [7, 11) is 5.18. The van der Waals surface area contributed by atoms with E-state index in [-0.39, 0.29) is 36.7 Å². The lowest BCUT2D eigenvalue weighted by atomic mass is 9.80. The minimum atomic E-state index is -0.851. The van der Waals surface area contributed by atoms with E-state index in [1.807, 2.05) is 65.7 Å². The Hall–Kier alpha value is -3.63. The Labute approximate surface area is 235 Å². The number of hydrogen-bond donors (Lipinski definition) is 3. The van der Waals surface area contributed by atoms with Crippen molar-refractivity contribution >= 4 is 46.8 Å². The molecule has 0 spiro atoms. The van der Waals surface area contributed by atoms with E-state index in [1.165, 1.54) is 7.11 Å². The number of methoxy groups -OCH3 is 1. The molecule has 1 unspecified atom stereocenters. The van der Waals surface area contributed by atoms with E-state index in [4.69, 9.17) is 20.9 Å². The highest BCUT2D eigenvalue weighted by Crippen LogP contribution is 2.31. The fourth-order valence-electron chi connectivity index (χ4n) is 5.13. The van der Waals surface area contributed by atoms with Crippen LogP contribution >= 0.6 is 12.4 Å². The Balaban J connectivity index is 0.00000420. The van der Waals surface area contributed by atoms with Gasteiger partial charge < -0.3 is 25.3 Å². The highest BCUT2D eigenvalue weighted by Gasteiger charge is 2.40. The maximum absolute atomic E-state index is 13.8. The number of anilines is 1. The Kier molecular flexibility index (Phi) is 9.58. The van der Waals surface area contributed by atoms with Gasteiger partial charge in [-0.25, -0.2) is 4.98 Å². The molecule has 4 rings (SSSR count). The Morgan fingerprint density at radius 2 is 1.85 bits per heavy atom. The number of aryl methyl sites for hydroxylation is 1. The van der Waals surface area contributed by atoms with Gasteiger partial charge in [0.2, 0.25) is 5.91 Å². The zero-order valence-electron chi connectivity index (χ0n) is 23.0. The summed E-state index contributed by atoms with van der Waals surface area (Å²) in [5, 5.41) is 10.9. The Morgan fingerprint density at radius 1 is 1.18 bits per heavy atom. The molecule has 2 aromatic carbocycles. The zero-order chi connectivity index (χ0) is 27.4. The second-order valence-electron chi connectivity index (χ2n) is 10.2. The first-order valence-electron chi connectivity index (χ1n) is 12.8. The number of nitrogen functional groups attached to an aromatic ring is 1.